The number of fused-ring (bicyclic) bond motifs is 1. The van der Waals surface area contributed by atoms with E-state index < -0.39 is 0 Å². The normalized spacial score (nSPS) is 12.5. The summed E-state index contributed by atoms with van der Waals surface area (Å²) >= 11 is 4.82. The lowest BCUT2D eigenvalue weighted by molar-refractivity contribution is 0.102. The first-order valence-corrected chi connectivity index (χ1v) is 9.89. The number of benzene rings is 2. The topological polar surface area (TPSA) is 60.5 Å². The van der Waals surface area contributed by atoms with Crippen LogP contribution in [0.15, 0.2) is 75.2 Å². The molecule has 0 saturated heterocycles. The quantitative estimate of drug-likeness (QED) is 0.614. The smallest absolute Gasteiger partial charge is 0.256 e. The van der Waals surface area contributed by atoms with Gasteiger partial charge in [0.2, 0.25) is 0 Å². The summed E-state index contributed by atoms with van der Waals surface area (Å²) in [6.07, 6.45) is 1.74. The molecule has 0 spiro atoms. The predicted octanol–water partition coefficient (Wildman–Crippen LogP) is 5.02. The number of amides is 1. The molecule has 0 bridgehead atoms. The number of carbonyl (C=O) groups excluding carboxylic acids is 1. The third-order valence-electron chi connectivity index (χ3n) is 3.85. The summed E-state index contributed by atoms with van der Waals surface area (Å²) in [7, 11) is 0. The number of nitrogens with zero attached hydrogens (tertiary/aromatic N) is 1. The molecular weight excluding hydrogens is 428 g/mol. The van der Waals surface area contributed by atoms with Crippen molar-refractivity contribution in [2.75, 3.05) is 18.5 Å². The molecule has 0 fully saturated rings. The summed E-state index contributed by atoms with van der Waals surface area (Å²) in [4.78, 5) is 18.0. The maximum absolute atomic E-state index is 12.8. The lowest BCUT2D eigenvalue weighted by atomic mass is 10.2. The number of ether oxygens (including phenoxy) is 2. The predicted molar refractivity (Wildman–Crippen MR) is 108 cm³/mol. The average Bonchev–Trinajstić information content (AvgIpc) is 2.70. The number of rotatable bonds is 4. The van der Waals surface area contributed by atoms with Crippen LogP contribution >= 0.6 is 27.7 Å². The molecule has 3 aromatic rings. The highest BCUT2D eigenvalue weighted by Crippen LogP contribution is 2.34. The molecule has 5 nitrogen and oxygen atoms in total. The Bertz CT molecular complexity index is 979. The molecule has 0 unspecified atom stereocenters. The Labute approximate surface area is 169 Å². The van der Waals surface area contributed by atoms with Crippen LogP contribution < -0.4 is 14.8 Å². The fourth-order valence-electron chi connectivity index (χ4n) is 2.60. The Morgan fingerprint density at radius 3 is 2.67 bits per heavy atom. The van der Waals surface area contributed by atoms with E-state index in [1.807, 2.05) is 30.3 Å². The van der Waals surface area contributed by atoms with E-state index >= 15 is 0 Å². The molecule has 1 N–H and O–H groups in total. The van der Waals surface area contributed by atoms with Crippen LogP contribution in [0.25, 0.3) is 0 Å². The second-order valence-electron chi connectivity index (χ2n) is 5.73. The lowest BCUT2D eigenvalue weighted by Crippen LogP contribution is -2.16. The molecule has 4 rings (SSSR count). The molecule has 1 aromatic heterocycles. The van der Waals surface area contributed by atoms with Crippen LogP contribution in [0.3, 0.4) is 0 Å². The first-order chi connectivity index (χ1) is 13.2. The SMILES string of the molecule is O=C(Nc1ccc2c(c1)OCCO2)c1ccccc1Sc1ccc(Br)cn1. The Hall–Kier alpha value is -2.51. The molecule has 2 aromatic carbocycles. The van der Waals surface area contributed by atoms with Gasteiger partial charge in [0.15, 0.2) is 11.5 Å². The van der Waals surface area contributed by atoms with Gasteiger partial charge in [-0.1, -0.05) is 23.9 Å². The van der Waals surface area contributed by atoms with Crippen LogP contribution in [-0.4, -0.2) is 24.1 Å². The molecule has 0 atom stereocenters. The zero-order valence-corrected chi connectivity index (χ0v) is 16.5. The Morgan fingerprint density at radius 2 is 1.85 bits per heavy atom. The van der Waals surface area contributed by atoms with Gasteiger partial charge < -0.3 is 14.8 Å². The summed E-state index contributed by atoms with van der Waals surface area (Å²) in [6.45, 7) is 1.04. The highest BCUT2D eigenvalue weighted by molar-refractivity contribution is 9.10. The maximum atomic E-state index is 12.8. The van der Waals surface area contributed by atoms with Crippen molar-refractivity contribution < 1.29 is 14.3 Å². The summed E-state index contributed by atoms with van der Waals surface area (Å²) in [5, 5.41) is 3.75. The van der Waals surface area contributed by atoms with Crippen molar-refractivity contribution in [3.63, 3.8) is 0 Å². The Kier molecular flexibility index (Phi) is 5.31. The van der Waals surface area contributed by atoms with Crippen molar-refractivity contribution in [1.82, 2.24) is 4.98 Å². The lowest BCUT2D eigenvalue weighted by Gasteiger charge is -2.19. The van der Waals surface area contributed by atoms with Gasteiger partial charge in [0, 0.05) is 27.3 Å². The number of hydrogen-bond donors (Lipinski definition) is 1. The van der Waals surface area contributed by atoms with E-state index in [0.29, 0.717) is 36.0 Å². The summed E-state index contributed by atoms with van der Waals surface area (Å²) in [6, 6.07) is 16.7. The molecule has 1 amide bonds. The number of carbonyl (C=O) groups is 1. The average molecular weight is 443 g/mol. The van der Waals surface area contributed by atoms with E-state index in [9.17, 15) is 4.79 Å². The van der Waals surface area contributed by atoms with E-state index in [1.165, 1.54) is 11.8 Å². The zero-order valence-electron chi connectivity index (χ0n) is 14.1. The van der Waals surface area contributed by atoms with Crippen LogP contribution in [-0.2, 0) is 0 Å². The fraction of sp³-hybridized carbons (Fsp3) is 0.100. The van der Waals surface area contributed by atoms with Gasteiger partial charge in [0.1, 0.15) is 18.2 Å². The van der Waals surface area contributed by atoms with Crippen molar-refractivity contribution in [2.45, 2.75) is 9.92 Å². The third-order valence-corrected chi connectivity index (χ3v) is 5.34. The van der Waals surface area contributed by atoms with Gasteiger partial charge in [-0.05, 0) is 52.3 Å². The van der Waals surface area contributed by atoms with E-state index in [0.717, 1.165) is 14.4 Å². The molecule has 0 aliphatic carbocycles. The number of aromatic nitrogens is 1. The van der Waals surface area contributed by atoms with Crippen molar-refractivity contribution in [3.8, 4) is 11.5 Å². The molecule has 0 saturated carbocycles. The van der Waals surface area contributed by atoms with Crippen LogP contribution in [0, 0.1) is 0 Å². The molecule has 2 heterocycles. The molecular formula is C20H15BrN2O3S. The summed E-state index contributed by atoms with van der Waals surface area (Å²) < 4.78 is 12.0. The third kappa shape index (κ3) is 4.26. The number of hydrogen-bond acceptors (Lipinski definition) is 5. The van der Waals surface area contributed by atoms with Gasteiger partial charge >= 0.3 is 0 Å². The molecule has 1 aliphatic rings. The zero-order chi connectivity index (χ0) is 18.6. The number of nitrogens with one attached hydrogen (secondary N) is 1. The van der Waals surface area contributed by atoms with Gasteiger partial charge in [-0.3, -0.25) is 4.79 Å². The highest BCUT2D eigenvalue weighted by Gasteiger charge is 2.16. The Morgan fingerprint density at radius 1 is 1.04 bits per heavy atom. The Balaban J connectivity index is 1.54. The highest BCUT2D eigenvalue weighted by atomic mass is 79.9. The van der Waals surface area contributed by atoms with Gasteiger partial charge in [-0.15, -0.1) is 0 Å². The van der Waals surface area contributed by atoms with Crippen molar-refractivity contribution in [3.05, 3.63) is 70.8 Å². The van der Waals surface area contributed by atoms with Gasteiger partial charge in [0.25, 0.3) is 5.91 Å². The second-order valence-corrected chi connectivity index (χ2v) is 7.70. The van der Waals surface area contributed by atoms with Crippen LogP contribution in [0.5, 0.6) is 11.5 Å². The molecule has 136 valence electrons. The van der Waals surface area contributed by atoms with Crippen molar-refractivity contribution in [2.24, 2.45) is 0 Å². The van der Waals surface area contributed by atoms with Crippen LogP contribution in [0.2, 0.25) is 0 Å². The standard InChI is InChI=1S/C20H15BrN2O3S/c21-13-5-8-19(22-12-13)27-18-4-2-1-3-15(18)20(24)23-14-6-7-16-17(11-14)26-10-9-25-16/h1-8,11-12H,9-10H2,(H,23,24). The number of pyridine rings is 1. The number of anilines is 1. The summed E-state index contributed by atoms with van der Waals surface area (Å²) in [5.74, 6) is 1.14. The van der Waals surface area contributed by atoms with E-state index in [1.54, 1.807) is 30.5 Å². The minimum Gasteiger partial charge on any atom is -0.486 e. The van der Waals surface area contributed by atoms with Gasteiger partial charge in [-0.25, -0.2) is 4.98 Å². The van der Waals surface area contributed by atoms with Crippen molar-refractivity contribution >= 4 is 39.3 Å². The minimum atomic E-state index is -0.188. The van der Waals surface area contributed by atoms with Gasteiger partial charge in [-0.2, -0.15) is 0 Å². The fourth-order valence-corrected chi connectivity index (χ4v) is 3.72. The molecule has 0 radical (unpaired) electrons. The largest absolute Gasteiger partial charge is 0.486 e. The van der Waals surface area contributed by atoms with Crippen molar-refractivity contribution in [1.29, 1.82) is 0 Å². The maximum Gasteiger partial charge on any atom is 0.256 e. The van der Waals surface area contributed by atoms with E-state index in [4.69, 9.17) is 9.47 Å². The van der Waals surface area contributed by atoms with Crippen LogP contribution in [0.4, 0.5) is 5.69 Å². The van der Waals surface area contributed by atoms with Crippen LogP contribution in [0.1, 0.15) is 10.4 Å². The first kappa shape index (κ1) is 17.9. The molecule has 7 heteroatoms. The number of halogens is 1. The molecule has 27 heavy (non-hydrogen) atoms. The van der Waals surface area contributed by atoms with E-state index in [2.05, 4.69) is 26.2 Å². The summed E-state index contributed by atoms with van der Waals surface area (Å²) in [5.41, 5.74) is 1.24. The minimum absolute atomic E-state index is 0.188. The monoisotopic (exact) mass is 442 g/mol. The van der Waals surface area contributed by atoms with Gasteiger partial charge in [0.05, 0.1) is 5.56 Å². The second kappa shape index (κ2) is 8.02. The van der Waals surface area contributed by atoms with E-state index in [-0.39, 0.29) is 5.91 Å². The first-order valence-electron chi connectivity index (χ1n) is 8.28. The molecule has 1 aliphatic heterocycles.